The number of halogens is 3. The van der Waals surface area contributed by atoms with Gasteiger partial charge < -0.3 is 14.6 Å². The van der Waals surface area contributed by atoms with Gasteiger partial charge in [0.15, 0.2) is 23.1 Å². The van der Waals surface area contributed by atoms with Crippen molar-refractivity contribution >= 4 is 0 Å². The molecular formula is C30H37F3O3. The Hall–Kier alpha value is -2.47. The largest absolute Gasteiger partial charge is 0.490 e. The third-order valence-electron chi connectivity index (χ3n) is 8.08. The summed E-state index contributed by atoms with van der Waals surface area (Å²) >= 11 is 0. The van der Waals surface area contributed by atoms with E-state index in [1.165, 1.54) is 0 Å². The minimum Gasteiger partial charge on any atom is -0.490 e. The number of aliphatic hydroxyl groups excluding tert-OH is 1. The lowest BCUT2D eigenvalue weighted by molar-refractivity contribution is 0.0963. The zero-order valence-corrected chi connectivity index (χ0v) is 21.0. The first-order valence-corrected chi connectivity index (χ1v) is 13.2. The SMILES string of the molecule is C=CCOc1ccc(C2CCC(COc3ccc(C4CCC(C(C)O)CC4)c(F)c3F)CC2)cc1F. The summed E-state index contributed by atoms with van der Waals surface area (Å²) in [5.74, 6) is -1.15. The Morgan fingerprint density at radius 2 is 1.56 bits per heavy atom. The molecule has 1 N–H and O–H groups in total. The highest BCUT2D eigenvalue weighted by Gasteiger charge is 2.29. The highest BCUT2D eigenvalue weighted by Crippen LogP contribution is 2.40. The molecule has 4 rings (SSSR count). The Bertz CT molecular complexity index is 1020. The van der Waals surface area contributed by atoms with Crippen LogP contribution in [0.25, 0.3) is 0 Å². The van der Waals surface area contributed by atoms with E-state index < -0.39 is 11.6 Å². The highest BCUT2D eigenvalue weighted by atomic mass is 19.2. The molecule has 196 valence electrons. The second-order valence-electron chi connectivity index (χ2n) is 10.5. The van der Waals surface area contributed by atoms with Crippen LogP contribution in [0, 0.1) is 29.3 Å². The molecule has 0 aromatic heterocycles. The van der Waals surface area contributed by atoms with E-state index in [1.54, 1.807) is 37.3 Å². The zero-order chi connectivity index (χ0) is 25.7. The van der Waals surface area contributed by atoms with Crippen LogP contribution in [0.1, 0.15) is 81.3 Å². The van der Waals surface area contributed by atoms with Crippen LogP contribution in [0.15, 0.2) is 43.0 Å². The van der Waals surface area contributed by atoms with Crippen LogP contribution in [0.3, 0.4) is 0 Å². The lowest BCUT2D eigenvalue weighted by Gasteiger charge is -2.31. The van der Waals surface area contributed by atoms with Crippen molar-refractivity contribution in [2.75, 3.05) is 13.2 Å². The molecule has 2 aliphatic carbocycles. The normalized spacial score (nSPS) is 25.2. The highest BCUT2D eigenvalue weighted by molar-refractivity contribution is 5.34. The molecule has 2 fully saturated rings. The van der Waals surface area contributed by atoms with Gasteiger partial charge in [-0.2, -0.15) is 4.39 Å². The van der Waals surface area contributed by atoms with Gasteiger partial charge >= 0.3 is 0 Å². The summed E-state index contributed by atoms with van der Waals surface area (Å²) in [6, 6.07) is 8.35. The molecule has 0 bridgehead atoms. The minimum atomic E-state index is -0.909. The van der Waals surface area contributed by atoms with E-state index in [0.717, 1.165) is 56.9 Å². The van der Waals surface area contributed by atoms with Crippen LogP contribution in [-0.4, -0.2) is 24.4 Å². The third-order valence-corrected chi connectivity index (χ3v) is 8.08. The van der Waals surface area contributed by atoms with Gasteiger partial charge in [0.05, 0.1) is 12.7 Å². The van der Waals surface area contributed by atoms with E-state index in [9.17, 15) is 18.3 Å². The molecule has 2 saturated carbocycles. The van der Waals surface area contributed by atoms with Gasteiger partial charge in [0.2, 0.25) is 5.82 Å². The molecule has 3 nitrogen and oxygen atoms in total. The van der Waals surface area contributed by atoms with Crippen LogP contribution >= 0.6 is 0 Å². The van der Waals surface area contributed by atoms with Gasteiger partial charge in [-0.3, -0.25) is 0 Å². The molecule has 0 amide bonds. The van der Waals surface area contributed by atoms with Crippen molar-refractivity contribution in [2.45, 2.75) is 76.2 Å². The van der Waals surface area contributed by atoms with E-state index in [4.69, 9.17) is 9.47 Å². The van der Waals surface area contributed by atoms with E-state index in [-0.39, 0.29) is 53.7 Å². The van der Waals surface area contributed by atoms with Crippen LogP contribution in [0.2, 0.25) is 0 Å². The summed E-state index contributed by atoms with van der Waals surface area (Å²) in [4.78, 5) is 0. The maximum Gasteiger partial charge on any atom is 0.200 e. The second-order valence-corrected chi connectivity index (χ2v) is 10.5. The van der Waals surface area contributed by atoms with Crippen molar-refractivity contribution in [1.82, 2.24) is 0 Å². The van der Waals surface area contributed by atoms with Crippen LogP contribution in [0.5, 0.6) is 11.5 Å². The number of ether oxygens (including phenoxy) is 2. The van der Waals surface area contributed by atoms with Gasteiger partial charge in [-0.15, -0.1) is 0 Å². The van der Waals surface area contributed by atoms with Gasteiger partial charge in [0.25, 0.3) is 0 Å². The molecule has 2 aliphatic rings. The fourth-order valence-electron chi connectivity index (χ4n) is 5.79. The Morgan fingerprint density at radius 1 is 0.889 bits per heavy atom. The Morgan fingerprint density at radius 3 is 2.19 bits per heavy atom. The van der Waals surface area contributed by atoms with E-state index in [0.29, 0.717) is 12.2 Å². The molecule has 2 aromatic carbocycles. The molecule has 6 heteroatoms. The fraction of sp³-hybridized carbons (Fsp3) is 0.533. The van der Waals surface area contributed by atoms with E-state index in [1.807, 2.05) is 6.07 Å². The van der Waals surface area contributed by atoms with Gasteiger partial charge in [-0.05, 0) is 111 Å². The van der Waals surface area contributed by atoms with Gasteiger partial charge in [-0.25, -0.2) is 8.78 Å². The summed E-state index contributed by atoms with van der Waals surface area (Å²) in [7, 11) is 0. The third kappa shape index (κ3) is 6.26. The molecule has 36 heavy (non-hydrogen) atoms. The number of hydrogen-bond acceptors (Lipinski definition) is 3. The molecular weight excluding hydrogens is 465 g/mol. The van der Waals surface area contributed by atoms with Crippen molar-refractivity contribution < 1.29 is 27.8 Å². The fourth-order valence-corrected chi connectivity index (χ4v) is 5.79. The predicted octanol–water partition coefficient (Wildman–Crippen LogP) is 7.68. The maximum atomic E-state index is 14.9. The Balaban J connectivity index is 1.28. The summed E-state index contributed by atoms with van der Waals surface area (Å²) in [6.45, 7) is 5.97. The first kappa shape index (κ1) is 26.6. The molecule has 1 atom stereocenters. The topological polar surface area (TPSA) is 38.7 Å². The summed E-state index contributed by atoms with van der Waals surface area (Å²) in [6.07, 6.45) is 7.93. The first-order chi connectivity index (χ1) is 17.4. The minimum absolute atomic E-state index is 0.0220. The molecule has 2 aromatic rings. The first-order valence-electron chi connectivity index (χ1n) is 13.2. The van der Waals surface area contributed by atoms with E-state index in [2.05, 4.69) is 6.58 Å². The lowest BCUT2D eigenvalue weighted by atomic mass is 9.77. The van der Waals surface area contributed by atoms with Crippen LogP contribution in [-0.2, 0) is 0 Å². The van der Waals surface area contributed by atoms with Crippen molar-refractivity contribution in [2.24, 2.45) is 11.8 Å². The monoisotopic (exact) mass is 502 g/mol. The van der Waals surface area contributed by atoms with Gasteiger partial charge in [0.1, 0.15) is 6.61 Å². The standard InChI is InChI=1S/C30H37F3O3/c1-3-16-35-27-14-12-24(17-26(27)31)22-6-4-20(5-7-22)18-36-28-15-13-25(29(32)30(28)33)23-10-8-21(9-11-23)19(2)34/h3,12-15,17,19-23,34H,1,4-11,16,18H2,2H3. The Labute approximate surface area is 212 Å². The number of rotatable bonds is 9. The Kier molecular flexibility index (Phi) is 9.00. The van der Waals surface area contributed by atoms with Crippen molar-refractivity contribution in [1.29, 1.82) is 0 Å². The van der Waals surface area contributed by atoms with Crippen molar-refractivity contribution in [3.63, 3.8) is 0 Å². The zero-order valence-electron chi connectivity index (χ0n) is 21.0. The predicted molar refractivity (Wildman–Crippen MR) is 135 cm³/mol. The van der Waals surface area contributed by atoms with Gasteiger partial charge in [-0.1, -0.05) is 24.8 Å². The number of aliphatic hydroxyl groups is 1. The lowest BCUT2D eigenvalue weighted by Crippen LogP contribution is -2.23. The summed E-state index contributed by atoms with van der Waals surface area (Å²) < 4.78 is 55.1. The second kappa shape index (κ2) is 12.2. The molecule has 1 unspecified atom stereocenters. The maximum absolute atomic E-state index is 14.9. The van der Waals surface area contributed by atoms with Crippen LogP contribution < -0.4 is 9.47 Å². The van der Waals surface area contributed by atoms with E-state index >= 15 is 0 Å². The smallest absolute Gasteiger partial charge is 0.200 e. The summed E-state index contributed by atoms with van der Waals surface area (Å²) in [5, 5.41) is 9.78. The summed E-state index contributed by atoms with van der Waals surface area (Å²) in [5.41, 5.74) is 1.38. The van der Waals surface area contributed by atoms with Crippen molar-refractivity contribution in [3.05, 3.63) is 71.6 Å². The van der Waals surface area contributed by atoms with Crippen molar-refractivity contribution in [3.8, 4) is 11.5 Å². The number of hydrogen-bond donors (Lipinski definition) is 1. The molecule has 0 saturated heterocycles. The average Bonchev–Trinajstić information content (AvgIpc) is 2.89. The molecule has 0 radical (unpaired) electrons. The molecule has 0 spiro atoms. The van der Waals surface area contributed by atoms with Gasteiger partial charge in [0, 0.05) is 0 Å². The molecule has 0 heterocycles. The molecule has 0 aliphatic heterocycles. The number of benzene rings is 2. The quantitative estimate of drug-likeness (QED) is 0.358. The van der Waals surface area contributed by atoms with Crippen LogP contribution in [0.4, 0.5) is 13.2 Å². The average molecular weight is 503 g/mol.